The van der Waals surface area contributed by atoms with Crippen LogP contribution in [-0.4, -0.2) is 31.8 Å². The maximum absolute atomic E-state index is 5.73. The van der Waals surface area contributed by atoms with Crippen molar-refractivity contribution < 1.29 is 4.74 Å². The van der Waals surface area contributed by atoms with Crippen molar-refractivity contribution in [3.05, 3.63) is 24.3 Å². The fraction of sp³-hybridized carbons (Fsp3) is 0.667. The molecule has 1 fully saturated rings. The zero-order chi connectivity index (χ0) is 15.2. The molecule has 1 heterocycles. The van der Waals surface area contributed by atoms with Crippen LogP contribution in [0.1, 0.15) is 40.5 Å². The van der Waals surface area contributed by atoms with Gasteiger partial charge in [0.1, 0.15) is 5.75 Å². The van der Waals surface area contributed by atoms with Crippen molar-refractivity contribution in [1.82, 2.24) is 5.32 Å². The van der Waals surface area contributed by atoms with Crippen molar-refractivity contribution in [1.29, 1.82) is 0 Å². The van der Waals surface area contributed by atoms with Gasteiger partial charge in [0.25, 0.3) is 0 Å². The highest BCUT2D eigenvalue weighted by Gasteiger charge is 2.21. The quantitative estimate of drug-likeness (QED) is 0.895. The fourth-order valence-corrected chi connectivity index (χ4v) is 2.86. The van der Waals surface area contributed by atoms with Crippen LogP contribution in [0.4, 0.5) is 5.69 Å². The van der Waals surface area contributed by atoms with Crippen molar-refractivity contribution >= 4 is 5.69 Å². The Morgan fingerprint density at radius 3 is 2.57 bits per heavy atom. The molecule has 0 aromatic heterocycles. The topological polar surface area (TPSA) is 24.5 Å². The zero-order valence-corrected chi connectivity index (χ0v) is 13.9. The van der Waals surface area contributed by atoms with Crippen LogP contribution in [0.25, 0.3) is 0 Å². The lowest BCUT2D eigenvalue weighted by Gasteiger charge is -2.29. The van der Waals surface area contributed by atoms with E-state index in [9.17, 15) is 0 Å². The summed E-state index contributed by atoms with van der Waals surface area (Å²) < 4.78 is 5.73. The molecule has 3 nitrogen and oxygen atoms in total. The molecule has 0 radical (unpaired) electrons. The van der Waals surface area contributed by atoms with Crippen molar-refractivity contribution in [3.8, 4) is 5.75 Å². The molecule has 21 heavy (non-hydrogen) atoms. The van der Waals surface area contributed by atoms with Crippen LogP contribution >= 0.6 is 0 Å². The number of hydrogen-bond acceptors (Lipinski definition) is 3. The molecular formula is C18H30N2O. The van der Waals surface area contributed by atoms with Gasteiger partial charge < -0.3 is 15.0 Å². The largest absolute Gasteiger partial charge is 0.491 e. The molecule has 1 aromatic rings. The van der Waals surface area contributed by atoms with Gasteiger partial charge in [-0.2, -0.15) is 0 Å². The van der Waals surface area contributed by atoms with E-state index in [1.807, 2.05) is 0 Å². The van der Waals surface area contributed by atoms with Crippen LogP contribution in [0.15, 0.2) is 24.3 Å². The summed E-state index contributed by atoms with van der Waals surface area (Å²) in [5, 5.41) is 3.70. The minimum Gasteiger partial charge on any atom is -0.491 e. The third-order valence-electron chi connectivity index (χ3n) is 4.33. The first kappa shape index (κ1) is 16.2. The summed E-state index contributed by atoms with van der Waals surface area (Å²) in [6.07, 6.45) is 2.66. The number of nitrogens with one attached hydrogen (secondary N) is 1. The van der Waals surface area contributed by atoms with Gasteiger partial charge in [-0.3, -0.25) is 0 Å². The Balaban J connectivity index is 2.05. The predicted molar refractivity (Wildman–Crippen MR) is 90.3 cm³/mol. The van der Waals surface area contributed by atoms with Gasteiger partial charge in [-0.15, -0.1) is 0 Å². The minimum absolute atomic E-state index is 0.230. The van der Waals surface area contributed by atoms with Crippen molar-refractivity contribution in [3.63, 3.8) is 0 Å². The van der Waals surface area contributed by atoms with E-state index < -0.39 is 0 Å². The van der Waals surface area contributed by atoms with Gasteiger partial charge in [-0.05, 0) is 57.0 Å². The fourth-order valence-electron chi connectivity index (χ4n) is 2.86. The van der Waals surface area contributed by atoms with Crippen LogP contribution < -0.4 is 15.0 Å². The second kappa shape index (κ2) is 7.69. The molecule has 0 spiro atoms. The second-order valence-electron chi connectivity index (χ2n) is 6.41. The number of ether oxygens (including phenoxy) is 1. The lowest BCUT2D eigenvalue weighted by Crippen LogP contribution is -2.42. The Hall–Kier alpha value is -1.22. The highest BCUT2D eigenvalue weighted by Crippen LogP contribution is 2.23. The summed E-state index contributed by atoms with van der Waals surface area (Å²) in [6.45, 7) is 12.1. The van der Waals surface area contributed by atoms with E-state index in [0.29, 0.717) is 12.0 Å². The molecule has 1 aromatic carbocycles. The molecular weight excluding hydrogens is 260 g/mol. The normalized spacial score (nSPS) is 21.2. The summed E-state index contributed by atoms with van der Waals surface area (Å²) in [7, 11) is 0. The molecule has 1 N–H and O–H groups in total. The lowest BCUT2D eigenvalue weighted by molar-refractivity contribution is 0.242. The first-order valence-corrected chi connectivity index (χ1v) is 8.35. The van der Waals surface area contributed by atoms with E-state index in [0.717, 1.165) is 25.4 Å². The maximum Gasteiger partial charge on any atom is 0.119 e. The van der Waals surface area contributed by atoms with Gasteiger partial charge in [-0.25, -0.2) is 0 Å². The van der Waals surface area contributed by atoms with Crippen LogP contribution in [0.5, 0.6) is 5.75 Å². The Morgan fingerprint density at radius 2 is 1.95 bits per heavy atom. The maximum atomic E-state index is 5.73. The van der Waals surface area contributed by atoms with Crippen LogP contribution in [0.3, 0.4) is 0 Å². The number of benzene rings is 1. The standard InChI is InChI=1S/C18H30N2O/c1-5-15(4)18-13-20(12-6-11-19-18)16-7-9-17(10-8-16)21-14(2)3/h7-10,14-15,18-19H,5-6,11-13H2,1-4H3. The van der Waals surface area contributed by atoms with Gasteiger partial charge in [0.2, 0.25) is 0 Å². The predicted octanol–water partition coefficient (Wildman–Crippen LogP) is 3.69. The molecule has 0 aliphatic carbocycles. The molecule has 2 unspecified atom stereocenters. The average Bonchev–Trinajstić information content (AvgIpc) is 2.72. The van der Waals surface area contributed by atoms with Gasteiger partial charge >= 0.3 is 0 Å². The molecule has 0 bridgehead atoms. The molecule has 0 amide bonds. The third kappa shape index (κ3) is 4.63. The molecule has 2 rings (SSSR count). The van der Waals surface area contributed by atoms with Gasteiger partial charge in [0, 0.05) is 24.8 Å². The summed E-state index contributed by atoms with van der Waals surface area (Å²) in [4.78, 5) is 2.51. The third-order valence-corrected chi connectivity index (χ3v) is 4.33. The Bertz CT molecular complexity index is 416. The molecule has 118 valence electrons. The molecule has 1 saturated heterocycles. The monoisotopic (exact) mass is 290 g/mol. The first-order chi connectivity index (χ1) is 10.1. The van der Waals surface area contributed by atoms with E-state index in [1.165, 1.54) is 18.5 Å². The molecule has 2 atom stereocenters. The highest BCUT2D eigenvalue weighted by molar-refractivity contribution is 5.49. The highest BCUT2D eigenvalue weighted by atomic mass is 16.5. The van der Waals surface area contributed by atoms with E-state index in [4.69, 9.17) is 4.74 Å². The second-order valence-corrected chi connectivity index (χ2v) is 6.41. The summed E-state index contributed by atoms with van der Waals surface area (Å²) >= 11 is 0. The van der Waals surface area contributed by atoms with E-state index in [1.54, 1.807) is 0 Å². The average molecular weight is 290 g/mol. The summed E-state index contributed by atoms with van der Waals surface area (Å²) in [5.41, 5.74) is 1.31. The van der Waals surface area contributed by atoms with Crippen LogP contribution in [0.2, 0.25) is 0 Å². The number of hydrogen-bond donors (Lipinski definition) is 1. The Morgan fingerprint density at radius 1 is 1.24 bits per heavy atom. The zero-order valence-electron chi connectivity index (χ0n) is 13.9. The van der Waals surface area contributed by atoms with Gasteiger partial charge in [-0.1, -0.05) is 20.3 Å². The van der Waals surface area contributed by atoms with Crippen molar-refractivity contribution in [2.75, 3.05) is 24.5 Å². The SMILES string of the molecule is CCC(C)C1CN(c2ccc(OC(C)C)cc2)CCCN1. The summed E-state index contributed by atoms with van der Waals surface area (Å²) in [5.74, 6) is 1.68. The van der Waals surface area contributed by atoms with Crippen LogP contribution in [-0.2, 0) is 0 Å². The number of anilines is 1. The van der Waals surface area contributed by atoms with Crippen LogP contribution in [0, 0.1) is 5.92 Å². The minimum atomic E-state index is 0.230. The van der Waals surface area contributed by atoms with Crippen molar-refractivity contribution in [2.24, 2.45) is 5.92 Å². The molecule has 3 heteroatoms. The van der Waals surface area contributed by atoms with Gasteiger partial charge in [0.05, 0.1) is 6.10 Å². The van der Waals surface area contributed by atoms with E-state index in [-0.39, 0.29) is 6.10 Å². The van der Waals surface area contributed by atoms with E-state index in [2.05, 4.69) is 62.2 Å². The van der Waals surface area contributed by atoms with E-state index >= 15 is 0 Å². The smallest absolute Gasteiger partial charge is 0.119 e. The number of rotatable bonds is 5. The Labute approximate surface area is 129 Å². The Kier molecular flexibility index (Phi) is 5.92. The first-order valence-electron chi connectivity index (χ1n) is 8.35. The van der Waals surface area contributed by atoms with Crippen molar-refractivity contribution in [2.45, 2.75) is 52.7 Å². The summed E-state index contributed by atoms with van der Waals surface area (Å²) in [6, 6.07) is 9.15. The number of nitrogens with zero attached hydrogens (tertiary/aromatic N) is 1. The lowest BCUT2D eigenvalue weighted by atomic mass is 9.99. The molecule has 1 aliphatic heterocycles. The van der Waals surface area contributed by atoms with Gasteiger partial charge in [0.15, 0.2) is 0 Å². The molecule has 0 saturated carbocycles. The molecule has 1 aliphatic rings.